The minimum Gasteiger partial charge on any atom is -0.481 e. The van der Waals surface area contributed by atoms with Gasteiger partial charge in [0.15, 0.2) is 0 Å². The van der Waals surface area contributed by atoms with Crippen LogP contribution in [0, 0.1) is 5.82 Å². The molecule has 0 aliphatic carbocycles. The lowest BCUT2D eigenvalue weighted by atomic mass is 9.94. The van der Waals surface area contributed by atoms with Crippen LogP contribution in [-0.4, -0.2) is 44.0 Å². The number of nitrogens with zero attached hydrogens (tertiary/aromatic N) is 1. The molecule has 0 aliphatic rings. The van der Waals surface area contributed by atoms with Crippen molar-refractivity contribution < 1.29 is 29.3 Å². The number of aromatic nitrogens is 1. The first-order valence-corrected chi connectivity index (χ1v) is 13.7. The third-order valence-electron chi connectivity index (χ3n) is 6.93. The van der Waals surface area contributed by atoms with Crippen LogP contribution in [0.2, 0.25) is 0 Å². The average Bonchev–Trinajstić information content (AvgIpc) is 3.28. The third kappa shape index (κ3) is 7.28. The number of benzene rings is 3. The normalized spacial score (nSPS) is 12.7. The number of halogens is 1. The Kier molecular flexibility index (Phi) is 9.70. The van der Waals surface area contributed by atoms with E-state index in [0.717, 1.165) is 17.0 Å². The number of nitrogens with one attached hydrogen (secondary N) is 1. The van der Waals surface area contributed by atoms with Crippen molar-refractivity contribution in [2.24, 2.45) is 0 Å². The van der Waals surface area contributed by atoms with Crippen molar-refractivity contribution in [3.8, 4) is 22.4 Å². The molecule has 4 N–H and O–H groups in total. The molecule has 0 bridgehead atoms. The number of aliphatic hydroxyl groups excluding tert-OH is 2. The van der Waals surface area contributed by atoms with E-state index in [1.165, 1.54) is 12.1 Å². The number of carbonyl (C=O) groups excluding carboxylic acids is 1. The number of para-hydroxylation sites is 1. The van der Waals surface area contributed by atoms with Crippen molar-refractivity contribution in [1.82, 2.24) is 4.57 Å². The van der Waals surface area contributed by atoms with Crippen molar-refractivity contribution in [2.75, 3.05) is 5.32 Å². The molecule has 0 saturated heterocycles. The number of carboxylic acids is 1. The maximum Gasteiger partial charge on any atom is 0.305 e. The van der Waals surface area contributed by atoms with Gasteiger partial charge in [-0.3, -0.25) is 9.59 Å². The Morgan fingerprint density at radius 2 is 1.46 bits per heavy atom. The second-order valence-electron chi connectivity index (χ2n) is 10.4. The fourth-order valence-corrected chi connectivity index (χ4v) is 5.20. The van der Waals surface area contributed by atoms with E-state index in [1.807, 2.05) is 66.9 Å². The lowest BCUT2D eigenvalue weighted by Gasteiger charge is -2.20. The van der Waals surface area contributed by atoms with Crippen molar-refractivity contribution in [2.45, 2.75) is 57.8 Å². The summed E-state index contributed by atoms with van der Waals surface area (Å²) in [5.41, 5.74) is 4.74. The summed E-state index contributed by atoms with van der Waals surface area (Å²) in [6, 6.07) is 24.8. The van der Waals surface area contributed by atoms with E-state index >= 15 is 0 Å². The van der Waals surface area contributed by atoms with Gasteiger partial charge in [0.2, 0.25) is 0 Å². The van der Waals surface area contributed by atoms with Gasteiger partial charge in [0.1, 0.15) is 5.82 Å². The van der Waals surface area contributed by atoms with E-state index in [1.54, 1.807) is 24.3 Å². The quantitative estimate of drug-likeness (QED) is 0.163. The lowest BCUT2D eigenvalue weighted by molar-refractivity contribution is -0.139. The van der Waals surface area contributed by atoms with Gasteiger partial charge in [0.25, 0.3) is 5.91 Å². The molecule has 3 aromatic carbocycles. The second-order valence-corrected chi connectivity index (χ2v) is 10.4. The topological polar surface area (TPSA) is 112 Å². The molecule has 4 aromatic rings. The molecule has 41 heavy (non-hydrogen) atoms. The maximum atomic E-state index is 14.0. The predicted octanol–water partition coefficient (Wildman–Crippen LogP) is 6.31. The number of rotatable bonds is 12. The molecule has 0 aliphatic heterocycles. The van der Waals surface area contributed by atoms with Gasteiger partial charge < -0.3 is 25.2 Å². The van der Waals surface area contributed by atoms with Gasteiger partial charge in [-0.05, 0) is 54.2 Å². The largest absolute Gasteiger partial charge is 0.481 e. The number of amides is 1. The maximum absolute atomic E-state index is 14.0. The molecule has 1 aromatic heterocycles. The monoisotopic (exact) mass is 558 g/mol. The van der Waals surface area contributed by atoms with E-state index in [-0.39, 0.29) is 24.7 Å². The summed E-state index contributed by atoms with van der Waals surface area (Å²) in [5.74, 6) is -1.95. The molecular weight excluding hydrogens is 523 g/mol. The highest BCUT2D eigenvalue weighted by atomic mass is 19.1. The Labute approximate surface area is 238 Å². The highest BCUT2D eigenvalue weighted by Gasteiger charge is 2.31. The molecule has 2 atom stereocenters. The van der Waals surface area contributed by atoms with E-state index in [2.05, 4.69) is 5.32 Å². The highest BCUT2D eigenvalue weighted by molar-refractivity contribution is 6.12. The van der Waals surface area contributed by atoms with Crippen molar-refractivity contribution in [3.63, 3.8) is 0 Å². The summed E-state index contributed by atoms with van der Waals surface area (Å²) in [4.78, 5) is 25.0. The summed E-state index contributed by atoms with van der Waals surface area (Å²) in [6.45, 7) is 4.27. The van der Waals surface area contributed by atoms with Crippen LogP contribution in [-0.2, 0) is 11.3 Å². The minimum atomic E-state index is -1.17. The van der Waals surface area contributed by atoms with E-state index < -0.39 is 30.4 Å². The van der Waals surface area contributed by atoms with Crippen LogP contribution in [0.15, 0.2) is 84.9 Å². The summed E-state index contributed by atoms with van der Waals surface area (Å²) >= 11 is 0. The number of hydrogen-bond donors (Lipinski definition) is 4. The van der Waals surface area contributed by atoms with Crippen LogP contribution in [0.25, 0.3) is 22.4 Å². The van der Waals surface area contributed by atoms with Crippen molar-refractivity contribution >= 4 is 17.6 Å². The summed E-state index contributed by atoms with van der Waals surface area (Å²) in [5, 5.41) is 32.8. The van der Waals surface area contributed by atoms with Crippen LogP contribution in [0.4, 0.5) is 10.1 Å². The first-order valence-electron chi connectivity index (χ1n) is 13.7. The predicted molar refractivity (Wildman–Crippen MR) is 157 cm³/mol. The smallest absolute Gasteiger partial charge is 0.305 e. The average molecular weight is 559 g/mol. The van der Waals surface area contributed by atoms with Gasteiger partial charge in [0.05, 0.1) is 29.9 Å². The summed E-state index contributed by atoms with van der Waals surface area (Å²) < 4.78 is 16.0. The zero-order valence-electron chi connectivity index (χ0n) is 23.1. The fourth-order valence-electron chi connectivity index (χ4n) is 5.20. The molecule has 7 nitrogen and oxygen atoms in total. The molecule has 4 rings (SSSR count). The summed E-state index contributed by atoms with van der Waals surface area (Å²) in [6.07, 6.45) is -2.46. The van der Waals surface area contributed by atoms with Gasteiger partial charge in [-0.2, -0.15) is 0 Å². The van der Waals surface area contributed by atoms with E-state index in [4.69, 9.17) is 5.11 Å². The Balaban J connectivity index is 1.89. The van der Waals surface area contributed by atoms with Gasteiger partial charge in [-0.1, -0.05) is 74.5 Å². The molecule has 214 valence electrons. The third-order valence-corrected chi connectivity index (χ3v) is 6.93. The second kappa shape index (κ2) is 13.4. The van der Waals surface area contributed by atoms with Crippen LogP contribution in [0.1, 0.15) is 55.1 Å². The molecule has 1 amide bonds. The van der Waals surface area contributed by atoms with Gasteiger partial charge in [-0.25, -0.2) is 4.39 Å². The van der Waals surface area contributed by atoms with Gasteiger partial charge in [-0.15, -0.1) is 0 Å². The highest BCUT2D eigenvalue weighted by Crippen LogP contribution is 2.42. The van der Waals surface area contributed by atoms with Crippen LogP contribution in [0.3, 0.4) is 0 Å². The van der Waals surface area contributed by atoms with Crippen molar-refractivity contribution in [1.29, 1.82) is 0 Å². The van der Waals surface area contributed by atoms with Gasteiger partial charge in [0, 0.05) is 23.5 Å². The molecule has 0 spiro atoms. The first kappa shape index (κ1) is 29.7. The summed E-state index contributed by atoms with van der Waals surface area (Å²) in [7, 11) is 0. The molecule has 0 saturated carbocycles. The number of aliphatic hydroxyl groups is 2. The Morgan fingerprint density at radius 1 is 0.854 bits per heavy atom. The van der Waals surface area contributed by atoms with Crippen LogP contribution in [0.5, 0.6) is 0 Å². The Morgan fingerprint density at radius 3 is 2.05 bits per heavy atom. The minimum absolute atomic E-state index is 0.0859. The van der Waals surface area contributed by atoms with Gasteiger partial charge >= 0.3 is 5.97 Å². The zero-order valence-corrected chi connectivity index (χ0v) is 23.1. The van der Waals surface area contributed by atoms with E-state index in [0.29, 0.717) is 28.9 Å². The van der Waals surface area contributed by atoms with Crippen LogP contribution < -0.4 is 5.32 Å². The number of hydrogen-bond acceptors (Lipinski definition) is 4. The fraction of sp³-hybridized carbons (Fsp3) is 0.273. The number of carbonyl (C=O) groups is 2. The number of aliphatic carboxylic acids is 1. The molecule has 0 fully saturated rings. The molecule has 0 radical (unpaired) electrons. The molecule has 8 heteroatoms. The molecule has 0 unspecified atom stereocenters. The number of anilines is 1. The lowest BCUT2D eigenvalue weighted by Crippen LogP contribution is -2.22. The standard InChI is InChI=1S/C33H35FN2O5/c1-21(2)31-30(33(41)35-25-11-7-4-8-12-25)29(22-13-15-24(34)16-14-22)32(23-9-5-3-6-10-23)36(31)18-17-26(37)19-27(38)20-28(39)40/h3-16,21,26-27,37-38H,17-20H2,1-2H3,(H,35,41)(H,39,40)/t26-,27-/m1/s1. The SMILES string of the molecule is CC(C)c1c(C(=O)Nc2ccccc2)c(-c2ccc(F)cc2)c(-c2ccccc2)n1CC[C@@H](O)C[C@@H](O)CC(=O)O. The Hall–Kier alpha value is -4.27. The Bertz CT molecular complexity index is 1470. The zero-order chi connectivity index (χ0) is 29.5. The molecule has 1 heterocycles. The number of carboxylic acid groups (broad SMARTS) is 1. The molecular formula is C33H35FN2O5. The van der Waals surface area contributed by atoms with Crippen molar-refractivity contribution in [3.05, 3.63) is 102 Å². The van der Waals surface area contributed by atoms with Crippen LogP contribution >= 0.6 is 0 Å². The van der Waals surface area contributed by atoms with E-state index in [9.17, 15) is 24.2 Å². The first-order chi connectivity index (χ1) is 19.7.